The van der Waals surface area contributed by atoms with Crippen LogP contribution in [0.1, 0.15) is 44.7 Å². The number of hydrogen-bond donors (Lipinski definition) is 1. The average Bonchev–Trinajstić information content (AvgIpc) is 2.99. The molecule has 0 aliphatic rings. The van der Waals surface area contributed by atoms with E-state index in [0.717, 1.165) is 28.1 Å². The summed E-state index contributed by atoms with van der Waals surface area (Å²) in [5, 5.41) is 2.97. The second-order valence-corrected chi connectivity index (χ2v) is 12.1. The maximum atomic E-state index is 13.9. The van der Waals surface area contributed by atoms with Gasteiger partial charge in [0.25, 0.3) is 0 Å². The zero-order chi connectivity index (χ0) is 30.7. The number of hydrogen-bond acceptors (Lipinski definition) is 6. The molecular formula is C32H41N3O6S. The molecule has 1 N–H and O–H groups in total. The minimum absolute atomic E-state index is 0.0698. The predicted molar refractivity (Wildman–Crippen MR) is 165 cm³/mol. The molecule has 10 heteroatoms. The summed E-state index contributed by atoms with van der Waals surface area (Å²) in [5.74, 6) is 0.459. The number of nitrogens with zero attached hydrogens (tertiary/aromatic N) is 2. The molecule has 0 aromatic heterocycles. The molecule has 2 amide bonds. The maximum absolute atomic E-state index is 13.9. The summed E-state index contributed by atoms with van der Waals surface area (Å²) in [7, 11) is -2.28. The molecule has 0 fully saturated rings. The van der Waals surface area contributed by atoms with Crippen LogP contribution in [0.4, 0.5) is 5.69 Å². The highest BCUT2D eigenvalue weighted by molar-refractivity contribution is 7.92. The van der Waals surface area contributed by atoms with E-state index in [1.165, 1.54) is 4.90 Å². The van der Waals surface area contributed by atoms with Crippen LogP contribution in [0, 0.1) is 0 Å². The average molecular weight is 596 g/mol. The van der Waals surface area contributed by atoms with Crippen LogP contribution in [-0.2, 0) is 32.8 Å². The van der Waals surface area contributed by atoms with Gasteiger partial charge in [-0.1, -0.05) is 56.3 Å². The number of carbonyl (C=O) groups excluding carboxylic acids is 2. The number of sulfonamides is 1. The number of anilines is 1. The third kappa shape index (κ3) is 9.24. The number of nitrogens with one attached hydrogen (secondary N) is 1. The zero-order valence-electron chi connectivity index (χ0n) is 24.9. The predicted octanol–water partition coefficient (Wildman–Crippen LogP) is 4.76. The summed E-state index contributed by atoms with van der Waals surface area (Å²) in [6, 6.07) is 22.6. The standard InChI is InChI=1S/C32H41N3O6S/c1-6-24(3)33-32(37)30(7-2)34(21-25-13-17-28(40-4)18-14-25)31(36)22-35(42(5,38)39)27-15-19-29(20-16-27)41-23-26-11-9-8-10-12-26/h8-20,24,30H,6-7,21-23H2,1-5H3,(H,33,37)/t24-,30-/m1/s1. The molecule has 0 saturated heterocycles. The highest BCUT2D eigenvalue weighted by Crippen LogP contribution is 2.24. The first-order chi connectivity index (χ1) is 20.0. The van der Waals surface area contributed by atoms with Crippen LogP contribution < -0.4 is 19.1 Å². The number of rotatable bonds is 15. The molecule has 0 bridgehead atoms. The van der Waals surface area contributed by atoms with Crippen molar-refractivity contribution in [2.75, 3.05) is 24.2 Å². The van der Waals surface area contributed by atoms with Crippen molar-refractivity contribution in [2.45, 2.75) is 58.8 Å². The van der Waals surface area contributed by atoms with Crippen molar-refractivity contribution < 1.29 is 27.5 Å². The Morgan fingerprint density at radius 1 is 0.857 bits per heavy atom. The van der Waals surface area contributed by atoms with E-state index in [9.17, 15) is 18.0 Å². The minimum Gasteiger partial charge on any atom is -0.497 e. The van der Waals surface area contributed by atoms with E-state index in [4.69, 9.17) is 9.47 Å². The van der Waals surface area contributed by atoms with Gasteiger partial charge in [-0.2, -0.15) is 0 Å². The Hall–Kier alpha value is -4.05. The normalized spacial score (nSPS) is 12.6. The van der Waals surface area contributed by atoms with Crippen molar-refractivity contribution in [3.8, 4) is 11.5 Å². The molecule has 0 aliphatic carbocycles. The summed E-state index contributed by atoms with van der Waals surface area (Å²) < 4.78 is 37.9. The van der Waals surface area contributed by atoms with E-state index in [1.54, 1.807) is 43.5 Å². The van der Waals surface area contributed by atoms with Gasteiger partial charge in [0.2, 0.25) is 21.8 Å². The smallest absolute Gasteiger partial charge is 0.244 e. The largest absolute Gasteiger partial charge is 0.497 e. The van der Waals surface area contributed by atoms with Gasteiger partial charge in [-0.05, 0) is 67.3 Å². The van der Waals surface area contributed by atoms with Crippen LogP contribution in [0.5, 0.6) is 11.5 Å². The molecule has 0 heterocycles. The first-order valence-corrected chi connectivity index (χ1v) is 15.9. The van der Waals surface area contributed by atoms with Crippen molar-refractivity contribution in [1.29, 1.82) is 0 Å². The lowest BCUT2D eigenvalue weighted by Gasteiger charge is -2.33. The number of ether oxygens (including phenoxy) is 2. The highest BCUT2D eigenvalue weighted by Gasteiger charge is 2.32. The Morgan fingerprint density at radius 2 is 1.48 bits per heavy atom. The van der Waals surface area contributed by atoms with Crippen LogP contribution in [0.25, 0.3) is 0 Å². The number of methoxy groups -OCH3 is 1. The molecule has 2 atom stereocenters. The van der Waals surface area contributed by atoms with Crippen LogP contribution in [-0.4, -0.2) is 57.1 Å². The molecule has 0 spiro atoms. The lowest BCUT2D eigenvalue weighted by Crippen LogP contribution is -2.53. The second kappa shape index (κ2) is 15.3. The van der Waals surface area contributed by atoms with Gasteiger partial charge in [-0.25, -0.2) is 8.42 Å². The number of carbonyl (C=O) groups is 2. The molecule has 0 radical (unpaired) electrons. The minimum atomic E-state index is -3.84. The van der Waals surface area contributed by atoms with Gasteiger partial charge in [0.05, 0.1) is 19.1 Å². The Kier molecular flexibility index (Phi) is 11.8. The van der Waals surface area contributed by atoms with Crippen molar-refractivity contribution >= 4 is 27.5 Å². The van der Waals surface area contributed by atoms with Crippen LogP contribution in [0.15, 0.2) is 78.9 Å². The van der Waals surface area contributed by atoms with Gasteiger partial charge in [0.15, 0.2) is 0 Å². The molecule has 0 saturated carbocycles. The van der Waals surface area contributed by atoms with Crippen molar-refractivity contribution in [2.24, 2.45) is 0 Å². The van der Waals surface area contributed by atoms with Crippen LogP contribution in [0.3, 0.4) is 0 Å². The van der Waals surface area contributed by atoms with Crippen molar-refractivity contribution in [3.63, 3.8) is 0 Å². The Bertz CT molecular complexity index is 1400. The van der Waals surface area contributed by atoms with Gasteiger partial charge < -0.3 is 19.7 Å². The lowest BCUT2D eigenvalue weighted by molar-refractivity contribution is -0.140. The van der Waals surface area contributed by atoms with E-state index < -0.39 is 28.5 Å². The van der Waals surface area contributed by atoms with Crippen LogP contribution >= 0.6 is 0 Å². The molecule has 3 aromatic rings. The van der Waals surface area contributed by atoms with Gasteiger partial charge in [0, 0.05) is 12.6 Å². The third-order valence-electron chi connectivity index (χ3n) is 6.95. The Labute approximate surface area is 249 Å². The highest BCUT2D eigenvalue weighted by atomic mass is 32.2. The summed E-state index contributed by atoms with van der Waals surface area (Å²) in [5.41, 5.74) is 2.11. The summed E-state index contributed by atoms with van der Waals surface area (Å²) in [6.45, 7) is 5.72. The molecule has 3 aromatic carbocycles. The second-order valence-electron chi connectivity index (χ2n) is 10.1. The van der Waals surface area contributed by atoms with Gasteiger partial charge in [-0.15, -0.1) is 0 Å². The maximum Gasteiger partial charge on any atom is 0.244 e. The fraction of sp³-hybridized carbons (Fsp3) is 0.375. The van der Waals surface area contributed by atoms with Crippen molar-refractivity contribution in [3.05, 3.63) is 90.0 Å². The number of benzene rings is 3. The summed E-state index contributed by atoms with van der Waals surface area (Å²) in [4.78, 5) is 28.6. The lowest BCUT2D eigenvalue weighted by atomic mass is 10.1. The third-order valence-corrected chi connectivity index (χ3v) is 8.09. The quantitative estimate of drug-likeness (QED) is 0.272. The van der Waals surface area contributed by atoms with E-state index in [1.807, 2.05) is 63.2 Å². The van der Waals surface area contributed by atoms with E-state index in [-0.39, 0.29) is 18.5 Å². The molecule has 0 unspecified atom stereocenters. The first kappa shape index (κ1) is 32.5. The van der Waals surface area contributed by atoms with Gasteiger partial charge >= 0.3 is 0 Å². The fourth-order valence-electron chi connectivity index (χ4n) is 4.35. The summed E-state index contributed by atoms with van der Waals surface area (Å²) >= 11 is 0. The first-order valence-electron chi connectivity index (χ1n) is 14.0. The van der Waals surface area contributed by atoms with Gasteiger partial charge in [0.1, 0.15) is 30.7 Å². The Morgan fingerprint density at radius 3 is 2.02 bits per heavy atom. The van der Waals surface area contributed by atoms with Gasteiger partial charge in [-0.3, -0.25) is 13.9 Å². The molecule has 3 rings (SSSR count). The van der Waals surface area contributed by atoms with E-state index in [0.29, 0.717) is 30.2 Å². The Balaban J connectivity index is 1.86. The summed E-state index contributed by atoms with van der Waals surface area (Å²) in [6.07, 6.45) is 2.15. The monoisotopic (exact) mass is 595 g/mol. The molecule has 9 nitrogen and oxygen atoms in total. The number of amides is 2. The molecule has 0 aliphatic heterocycles. The zero-order valence-corrected chi connectivity index (χ0v) is 25.8. The molecule has 226 valence electrons. The SMILES string of the molecule is CC[C@@H](C)NC(=O)[C@@H](CC)N(Cc1ccc(OC)cc1)C(=O)CN(c1ccc(OCc2ccccc2)cc1)S(C)(=O)=O. The van der Waals surface area contributed by atoms with Crippen molar-refractivity contribution in [1.82, 2.24) is 10.2 Å². The fourth-order valence-corrected chi connectivity index (χ4v) is 5.20. The van der Waals surface area contributed by atoms with E-state index in [2.05, 4.69) is 5.32 Å². The topological polar surface area (TPSA) is 105 Å². The van der Waals surface area contributed by atoms with E-state index >= 15 is 0 Å². The molecular weight excluding hydrogens is 554 g/mol. The van der Waals surface area contributed by atoms with Crippen LogP contribution in [0.2, 0.25) is 0 Å². The molecule has 42 heavy (non-hydrogen) atoms.